The van der Waals surface area contributed by atoms with E-state index in [4.69, 9.17) is 10.5 Å². The van der Waals surface area contributed by atoms with E-state index in [1.807, 2.05) is 20.8 Å². The van der Waals surface area contributed by atoms with Crippen LogP contribution < -0.4 is 5.73 Å². The van der Waals surface area contributed by atoms with Crippen LogP contribution in [0.4, 0.5) is 4.79 Å². The van der Waals surface area contributed by atoms with Crippen molar-refractivity contribution in [3.63, 3.8) is 0 Å². The zero-order valence-corrected chi connectivity index (χ0v) is 10.1. The summed E-state index contributed by atoms with van der Waals surface area (Å²) in [6.07, 6.45) is 0.748. The van der Waals surface area contributed by atoms with Gasteiger partial charge in [-0.15, -0.1) is 0 Å². The molecule has 4 heteroatoms. The van der Waals surface area contributed by atoms with E-state index in [-0.39, 0.29) is 12.1 Å². The molecule has 15 heavy (non-hydrogen) atoms. The minimum atomic E-state index is -0.429. The minimum absolute atomic E-state index is 0.148. The molecule has 1 saturated heterocycles. The van der Waals surface area contributed by atoms with Crippen LogP contribution in [0, 0.1) is 5.92 Å². The van der Waals surface area contributed by atoms with Gasteiger partial charge in [0.25, 0.3) is 0 Å². The van der Waals surface area contributed by atoms with Crippen molar-refractivity contribution in [2.45, 2.75) is 45.8 Å². The number of hydrogen-bond acceptors (Lipinski definition) is 3. The number of nitrogens with zero attached hydrogens (tertiary/aromatic N) is 1. The molecule has 0 saturated carbocycles. The molecule has 1 fully saturated rings. The van der Waals surface area contributed by atoms with E-state index >= 15 is 0 Å². The molecule has 1 aliphatic heterocycles. The number of likely N-dealkylation sites (tertiary alicyclic amines) is 1. The number of ether oxygens (including phenoxy) is 1. The standard InChI is InChI=1S/C11H22N2O2/c1-8-5-9(6-12)13(7-8)10(14)15-11(2,3)4/h8-9H,5-7,12H2,1-4H3/t8-,9+/m0/s1. The van der Waals surface area contributed by atoms with Gasteiger partial charge in [0, 0.05) is 19.1 Å². The Kier molecular flexibility index (Phi) is 3.60. The largest absolute Gasteiger partial charge is 0.444 e. The van der Waals surface area contributed by atoms with Crippen LogP contribution in [0.2, 0.25) is 0 Å². The van der Waals surface area contributed by atoms with Gasteiger partial charge in [-0.2, -0.15) is 0 Å². The van der Waals surface area contributed by atoms with Gasteiger partial charge in [-0.25, -0.2) is 4.79 Å². The third kappa shape index (κ3) is 3.38. The molecule has 88 valence electrons. The minimum Gasteiger partial charge on any atom is -0.444 e. The second-order valence-corrected chi connectivity index (χ2v) is 5.36. The van der Waals surface area contributed by atoms with E-state index in [0.717, 1.165) is 13.0 Å². The molecule has 0 radical (unpaired) electrons. The van der Waals surface area contributed by atoms with Gasteiger partial charge in [0.05, 0.1) is 0 Å². The van der Waals surface area contributed by atoms with Crippen LogP contribution in [-0.4, -0.2) is 35.7 Å². The molecule has 0 aromatic heterocycles. The average Bonchev–Trinajstić information content (AvgIpc) is 2.43. The summed E-state index contributed by atoms with van der Waals surface area (Å²) >= 11 is 0. The first kappa shape index (κ1) is 12.3. The SMILES string of the molecule is C[C@H]1C[C@H](CN)N(C(=O)OC(C)(C)C)C1. The fourth-order valence-corrected chi connectivity index (χ4v) is 1.92. The zero-order valence-electron chi connectivity index (χ0n) is 10.1. The predicted molar refractivity (Wildman–Crippen MR) is 59.6 cm³/mol. The highest BCUT2D eigenvalue weighted by molar-refractivity contribution is 5.69. The van der Waals surface area contributed by atoms with Gasteiger partial charge in [0.15, 0.2) is 0 Å². The first-order valence-electron chi connectivity index (χ1n) is 5.53. The summed E-state index contributed by atoms with van der Waals surface area (Å²) in [6.45, 7) is 9.04. The molecule has 4 nitrogen and oxygen atoms in total. The second kappa shape index (κ2) is 4.39. The van der Waals surface area contributed by atoms with Crippen molar-refractivity contribution < 1.29 is 9.53 Å². The van der Waals surface area contributed by atoms with Crippen molar-refractivity contribution in [2.24, 2.45) is 11.7 Å². The molecular weight excluding hydrogens is 192 g/mol. The van der Waals surface area contributed by atoms with Gasteiger partial charge in [0.1, 0.15) is 5.60 Å². The summed E-state index contributed by atoms with van der Waals surface area (Å²) in [4.78, 5) is 13.6. The number of carbonyl (C=O) groups is 1. The number of hydrogen-bond donors (Lipinski definition) is 1. The van der Waals surface area contributed by atoms with Crippen LogP contribution in [0.5, 0.6) is 0 Å². The summed E-state index contributed by atoms with van der Waals surface area (Å²) in [5.74, 6) is 0.520. The average molecular weight is 214 g/mol. The highest BCUT2D eigenvalue weighted by atomic mass is 16.6. The fourth-order valence-electron chi connectivity index (χ4n) is 1.92. The zero-order chi connectivity index (χ0) is 11.6. The van der Waals surface area contributed by atoms with Crippen LogP contribution in [0.15, 0.2) is 0 Å². The maximum atomic E-state index is 11.8. The molecule has 2 atom stereocenters. The third-order valence-corrected chi connectivity index (χ3v) is 2.52. The molecule has 0 bridgehead atoms. The van der Waals surface area contributed by atoms with E-state index in [9.17, 15) is 4.79 Å². The first-order valence-corrected chi connectivity index (χ1v) is 5.53. The number of carbonyl (C=O) groups excluding carboxylic acids is 1. The molecule has 2 N–H and O–H groups in total. The Bertz CT molecular complexity index is 235. The molecule has 0 aromatic rings. The van der Waals surface area contributed by atoms with Crippen molar-refractivity contribution >= 4 is 6.09 Å². The van der Waals surface area contributed by atoms with E-state index in [2.05, 4.69) is 6.92 Å². The molecular formula is C11H22N2O2. The molecule has 0 aromatic carbocycles. The lowest BCUT2D eigenvalue weighted by Gasteiger charge is -2.27. The molecule has 0 unspecified atom stereocenters. The molecule has 1 rings (SSSR count). The van der Waals surface area contributed by atoms with Gasteiger partial charge in [-0.05, 0) is 33.1 Å². The summed E-state index contributed by atoms with van der Waals surface area (Å²) in [5, 5.41) is 0. The van der Waals surface area contributed by atoms with Crippen LogP contribution >= 0.6 is 0 Å². The van der Waals surface area contributed by atoms with E-state index < -0.39 is 5.60 Å². The van der Waals surface area contributed by atoms with Crippen molar-refractivity contribution in [1.82, 2.24) is 4.90 Å². The summed E-state index contributed by atoms with van der Waals surface area (Å²) in [5.41, 5.74) is 5.21. The molecule has 1 heterocycles. The van der Waals surface area contributed by atoms with E-state index in [1.165, 1.54) is 0 Å². The van der Waals surface area contributed by atoms with E-state index in [0.29, 0.717) is 12.5 Å². The first-order chi connectivity index (χ1) is 6.83. The van der Waals surface area contributed by atoms with E-state index in [1.54, 1.807) is 4.90 Å². The number of amides is 1. The van der Waals surface area contributed by atoms with Crippen LogP contribution in [0.25, 0.3) is 0 Å². The normalized spacial score (nSPS) is 26.9. The lowest BCUT2D eigenvalue weighted by atomic mass is 10.1. The molecule has 0 spiro atoms. The number of rotatable bonds is 1. The fraction of sp³-hybridized carbons (Fsp3) is 0.909. The quantitative estimate of drug-likeness (QED) is 0.721. The van der Waals surface area contributed by atoms with Crippen LogP contribution in [0.1, 0.15) is 34.1 Å². The van der Waals surface area contributed by atoms with Gasteiger partial charge in [-0.3, -0.25) is 0 Å². The predicted octanol–water partition coefficient (Wildman–Crippen LogP) is 1.59. The Morgan fingerprint density at radius 1 is 1.53 bits per heavy atom. The number of nitrogens with two attached hydrogens (primary N) is 1. The summed E-state index contributed by atoms with van der Waals surface area (Å²) < 4.78 is 5.33. The Morgan fingerprint density at radius 2 is 2.13 bits per heavy atom. The van der Waals surface area contributed by atoms with Crippen molar-refractivity contribution in [1.29, 1.82) is 0 Å². The maximum absolute atomic E-state index is 11.8. The van der Waals surface area contributed by atoms with Crippen LogP contribution in [-0.2, 0) is 4.74 Å². The van der Waals surface area contributed by atoms with Gasteiger partial charge in [-0.1, -0.05) is 6.92 Å². The van der Waals surface area contributed by atoms with Gasteiger partial charge >= 0.3 is 6.09 Å². The smallest absolute Gasteiger partial charge is 0.410 e. The monoisotopic (exact) mass is 214 g/mol. The lowest BCUT2D eigenvalue weighted by molar-refractivity contribution is 0.0228. The van der Waals surface area contributed by atoms with Crippen molar-refractivity contribution in [3.05, 3.63) is 0 Å². The topological polar surface area (TPSA) is 55.6 Å². The van der Waals surface area contributed by atoms with Crippen molar-refractivity contribution in [2.75, 3.05) is 13.1 Å². The second-order valence-electron chi connectivity index (χ2n) is 5.36. The molecule has 1 aliphatic rings. The Labute approximate surface area is 91.8 Å². The Hall–Kier alpha value is -0.770. The highest BCUT2D eigenvalue weighted by Crippen LogP contribution is 2.24. The summed E-state index contributed by atoms with van der Waals surface area (Å²) in [7, 11) is 0. The maximum Gasteiger partial charge on any atom is 0.410 e. The molecule has 0 aliphatic carbocycles. The van der Waals surface area contributed by atoms with Gasteiger partial charge in [0.2, 0.25) is 0 Å². The Balaban J connectivity index is 2.59. The Morgan fingerprint density at radius 3 is 2.60 bits per heavy atom. The summed E-state index contributed by atoms with van der Waals surface area (Å²) in [6, 6.07) is 0.148. The molecule has 1 amide bonds. The third-order valence-electron chi connectivity index (χ3n) is 2.52. The van der Waals surface area contributed by atoms with Crippen LogP contribution in [0.3, 0.4) is 0 Å². The highest BCUT2D eigenvalue weighted by Gasteiger charge is 2.34. The lowest BCUT2D eigenvalue weighted by Crippen LogP contribution is -2.42. The van der Waals surface area contributed by atoms with Gasteiger partial charge < -0.3 is 15.4 Å². The van der Waals surface area contributed by atoms with Crippen molar-refractivity contribution in [3.8, 4) is 0 Å².